The number of esters is 1. The predicted octanol–water partition coefficient (Wildman–Crippen LogP) is 9.05. The van der Waals surface area contributed by atoms with Crippen molar-refractivity contribution in [3.05, 3.63) is 128 Å². The van der Waals surface area contributed by atoms with Crippen molar-refractivity contribution in [2.45, 2.75) is 48.9 Å². The van der Waals surface area contributed by atoms with Gasteiger partial charge in [-0.3, -0.25) is 4.79 Å². The largest absolute Gasteiger partial charge is 0.469 e. The lowest BCUT2D eigenvalue weighted by Gasteiger charge is -2.32. The van der Waals surface area contributed by atoms with Crippen LogP contribution in [0.15, 0.2) is 66.8 Å². The summed E-state index contributed by atoms with van der Waals surface area (Å²) in [5.74, 6) is 0.789. The third-order valence-corrected chi connectivity index (χ3v) is 14.5. The smallest absolute Gasteiger partial charge is 0.305 e. The maximum Gasteiger partial charge on any atom is 0.305 e. The average molecular weight is 589 g/mol. The van der Waals surface area contributed by atoms with E-state index in [9.17, 15) is 4.79 Å². The third-order valence-electron chi connectivity index (χ3n) is 14.5. The highest BCUT2D eigenvalue weighted by Gasteiger charge is 2.89. The van der Waals surface area contributed by atoms with Gasteiger partial charge in [-0.1, -0.05) is 78.9 Å². The summed E-state index contributed by atoms with van der Waals surface area (Å²) in [6.07, 6.45) is 19.8. The molecule has 0 radical (unpaired) electrons. The first-order valence-corrected chi connectivity index (χ1v) is 17.2. The molecule has 46 heavy (non-hydrogen) atoms. The maximum atomic E-state index is 12.6. The molecule has 2 nitrogen and oxygen atoms in total. The van der Waals surface area contributed by atoms with Crippen LogP contribution in [0.25, 0.3) is 55.6 Å². The molecule has 0 saturated heterocycles. The van der Waals surface area contributed by atoms with E-state index in [1.54, 1.807) is 76.8 Å². The Hall–Kier alpha value is -4.69. The molecule has 1 saturated carbocycles. The van der Waals surface area contributed by atoms with Gasteiger partial charge in [-0.2, -0.15) is 0 Å². The van der Waals surface area contributed by atoms with Gasteiger partial charge in [0.2, 0.25) is 0 Å². The van der Waals surface area contributed by atoms with Crippen LogP contribution in [0.4, 0.5) is 0 Å². The molecule has 1 spiro atoms. The molecule has 0 amide bonds. The van der Waals surface area contributed by atoms with E-state index in [0.717, 1.165) is 25.7 Å². The molecule has 0 N–H and O–H groups in total. The van der Waals surface area contributed by atoms with Crippen molar-refractivity contribution in [3.8, 4) is 0 Å². The zero-order valence-electron chi connectivity index (χ0n) is 25.5. The van der Waals surface area contributed by atoms with E-state index in [1.165, 1.54) is 34.9 Å². The van der Waals surface area contributed by atoms with Crippen LogP contribution in [0.1, 0.15) is 86.4 Å². The molecule has 5 atom stereocenters. The Balaban J connectivity index is 1.24. The van der Waals surface area contributed by atoms with Gasteiger partial charge in [0.15, 0.2) is 0 Å². The van der Waals surface area contributed by atoms with Crippen LogP contribution in [0.3, 0.4) is 0 Å². The minimum absolute atomic E-state index is 0.103. The highest BCUT2D eigenvalue weighted by molar-refractivity contribution is 6.35. The minimum atomic E-state index is -0.166. The number of carbonyl (C=O) groups excluding carboxylic acids is 1. The SMILES string of the molecule is COC(=O)CCCC1(c2ccccc2)C23C=Cc4cc5c6c7c8c9c%10c%11c(cc%12c%10c(c%10c9c6c4C%1021)C(=C3)C%12)C=CC(C=C7C5)C%118. The second-order valence-corrected chi connectivity index (χ2v) is 15.6. The Kier molecular flexibility index (Phi) is 3.19. The molecule has 0 heterocycles. The molecule has 5 unspecified atom stereocenters. The number of hydrogen-bond donors (Lipinski definition) is 0. The molecule has 9 aliphatic rings. The van der Waals surface area contributed by atoms with Crippen molar-refractivity contribution in [2.75, 3.05) is 7.11 Å². The lowest BCUT2D eigenvalue weighted by molar-refractivity contribution is -0.140. The normalized spacial score (nSPS) is 31.2. The van der Waals surface area contributed by atoms with E-state index in [4.69, 9.17) is 4.74 Å². The number of hydrogen-bond acceptors (Lipinski definition) is 2. The second-order valence-electron chi connectivity index (χ2n) is 15.6. The lowest BCUT2D eigenvalue weighted by Crippen LogP contribution is -2.25. The fraction of sp³-hybridized carbons (Fsp3) is 0.250. The van der Waals surface area contributed by atoms with Crippen molar-refractivity contribution in [3.63, 3.8) is 0 Å². The zero-order valence-corrected chi connectivity index (χ0v) is 25.5. The van der Waals surface area contributed by atoms with Crippen LogP contribution in [0.5, 0.6) is 0 Å². The van der Waals surface area contributed by atoms with Crippen molar-refractivity contribution in [2.24, 2.45) is 11.3 Å². The third kappa shape index (κ3) is 1.79. The van der Waals surface area contributed by atoms with Gasteiger partial charge in [-0.05, 0) is 130 Å². The average Bonchev–Trinajstić information content (AvgIpc) is 3.58. The van der Waals surface area contributed by atoms with Crippen LogP contribution in [-0.4, -0.2) is 13.1 Å². The Morgan fingerprint density at radius 2 is 1.63 bits per heavy atom. The van der Waals surface area contributed by atoms with Crippen molar-refractivity contribution in [1.82, 2.24) is 0 Å². The van der Waals surface area contributed by atoms with E-state index in [2.05, 4.69) is 78.9 Å². The van der Waals surface area contributed by atoms with Crippen LogP contribution >= 0.6 is 0 Å². The molecule has 2 heteroatoms. The monoisotopic (exact) mass is 588 g/mol. The zero-order chi connectivity index (χ0) is 29.6. The molecule has 0 aliphatic heterocycles. The fourth-order valence-corrected chi connectivity index (χ4v) is 13.6. The topological polar surface area (TPSA) is 26.3 Å². The van der Waals surface area contributed by atoms with Gasteiger partial charge in [0.1, 0.15) is 0 Å². The number of carbonyl (C=O) groups is 1. The van der Waals surface area contributed by atoms with Gasteiger partial charge < -0.3 is 4.74 Å². The minimum Gasteiger partial charge on any atom is -0.469 e. The van der Waals surface area contributed by atoms with Gasteiger partial charge in [0.25, 0.3) is 0 Å². The van der Waals surface area contributed by atoms with Gasteiger partial charge >= 0.3 is 5.97 Å². The molecule has 0 bridgehead atoms. The summed E-state index contributed by atoms with van der Waals surface area (Å²) in [6, 6.07) is 16.6. The van der Waals surface area contributed by atoms with E-state index in [-0.39, 0.29) is 22.2 Å². The van der Waals surface area contributed by atoms with E-state index in [1.807, 2.05) is 0 Å². The van der Waals surface area contributed by atoms with Gasteiger partial charge in [-0.15, -0.1) is 0 Å². The number of rotatable bonds is 5. The Bertz CT molecular complexity index is 2680. The van der Waals surface area contributed by atoms with Gasteiger partial charge in [-0.25, -0.2) is 0 Å². The van der Waals surface area contributed by atoms with E-state index >= 15 is 0 Å². The quantitative estimate of drug-likeness (QED) is 0.151. The molecule has 5 aromatic rings. The van der Waals surface area contributed by atoms with Gasteiger partial charge in [0.05, 0.1) is 7.11 Å². The van der Waals surface area contributed by atoms with Crippen molar-refractivity contribution >= 4 is 61.6 Å². The van der Waals surface area contributed by atoms with E-state index in [0.29, 0.717) is 18.3 Å². The molecule has 9 aliphatic carbocycles. The summed E-state index contributed by atoms with van der Waals surface area (Å²) in [4.78, 5) is 12.6. The summed E-state index contributed by atoms with van der Waals surface area (Å²) < 4.78 is 5.18. The van der Waals surface area contributed by atoms with E-state index < -0.39 is 0 Å². The summed E-state index contributed by atoms with van der Waals surface area (Å²) >= 11 is 0. The number of ether oxygens (including phenoxy) is 1. The first kappa shape index (κ1) is 22.8. The summed E-state index contributed by atoms with van der Waals surface area (Å²) in [7, 11) is 1.52. The molecular weight excluding hydrogens is 560 g/mol. The number of methoxy groups -OCH3 is 1. The second kappa shape index (κ2) is 6.45. The van der Waals surface area contributed by atoms with Crippen molar-refractivity contribution in [1.29, 1.82) is 0 Å². The Morgan fingerprint density at radius 1 is 0.848 bits per heavy atom. The van der Waals surface area contributed by atoms with Crippen molar-refractivity contribution < 1.29 is 9.53 Å². The molecule has 5 aromatic carbocycles. The fourth-order valence-electron chi connectivity index (χ4n) is 13.6. The Labute approximate surface area is 265 Å². The molecular formula is C44H28O2. The standard InChI is InChI=1S/C44H28O2/c1-46-28(45)8-5-12-43(27-6-3-2-4-7-27)42-13-11-22-16-25-17-23-14-20-9-10-21-15-24-18-26(19-42)34-33(24)36-30(21)29(20)35-31(23)32(25)38-39(37(35)36)41(34)44(42,43)40(22)38/h2-4,6-7,9-11,13-16,19-20,29H,5,8,12,17-18H2,1H3. The lowest BCUT2D eigenvalue weighted by atomic mass is 9.70. The molecule has 14 rings (SSSR count). The highest BCUT2D eigenvalue weighted by atomic mass is 16.5. The van der Waals surface area contributed by atoms with Crippen LogP contribution in [0.2, 0.25) is 0 Å². The molecule has 1 fully saturated rings. The van der Waals surface area contributed by atoms with Crippen LogP contribution < -0.4 is 0 Å². The predicted molar refractivity (Wildman–Crippen MR) is 183 cm³/mol. The number of allylic oxidation sites excluding steroid dienone is 6. The van der Waals surface area contributed by atoms with Crippen LogP contribution in [0, 0.1) is 11.3 Å². The summed E-state index contributed by atoms with van der Waals surface area (Å²) in [5, 5.41) is 9.57. The Morgan fingerprint density at radius 3 is 2.50 bits per heavy atom. The number of benzene rings is 5. The summed E-state index contributed by atoms with van der Waals surface area (Å²) in [6.45, 7) is 0. The first-order chi connectivity index (χ1) is 22.6. The summed E-state index contributed by atoms with van der Waals surface area (Å²) in [5.41, 5.74) is 19.7. The molecule has 216 valence electrons. The molecule has 0 aromatic heterocycles. The maximum absolute atomic E-state index is 12.6. The van der Waals surface area contributed by atoms with Gasteiger partial charge in [0, 0.05) is 34.5 Å². The first-order valence-electron chi connectivity index (χ1n) is 17.2. The highest BCUT2D eigenvalue weighted by Crippen LogP contribution is 2.91. The van der Waals surface area contributed by atoms with Crippen LogP contribution in [-0.2, 0) is 33.2 Å².